The van der Waals surface area contributed by atoms with Crippen molar-refractivity contribution in [1.82, 2.24) is 9.88 Å². The number of aromatic nitrogens is 1. The molecule has 4 rings (SSSR count). The summed E-state index contributed by atoms with van der Waals surface area (Å²) >= 11 is 0. The van der Waals surface area contributed by atoms with Gasteiger partial charge in [0, 0.05) is 17.3 Å². The quantitative estimate of drug-likeness (QED) is 0.754. The van der Waals surface area contributed by atoms with Crippen molar-refractivity contribution in [3.63, 3.8) is 0 Å². The van der Waals surface area contributed by atoms with E-state index in [9.17, 15) is 4.39 Å². The molecule has 2 heterocycles. The van der Waals surface area contributed by atoms with Gasteiger partial charge in [0.1, 0.15) is 11.4 Å². The molecule has 1 aliphatic carbocycles. The SMILES string of the molecule is CCCCC1(N(C)C)CCC2(CC1(F)F)OCCc1c2[nH]c2ccc(F)cc12. The summed E-state index contributed by atoms with van der Waals surface area (Å²) < 4.78 is 51.4. The van der Waals surface area contributed by atoms with Crippen molar-refractivity contribution in [2.45, 2.75) is 68.9 Å². The van der Waals surface area contributed by atoms with Crippen LogP contribution in [0, 0.1) is 5.82 Å². The van der Waals surface area contributed by atoms with E-state index in [1.54, 1.807) is 25.1 Å². The monoisotopic (exact) mass is 394 g/mol. The van der Waals surface area contributed by atoms with Crippen LogP contribution in [-0.4, -0.2) is 42.0 Å². The molecule has 3 nitrogen and oxygen atoms in total. The van der Waals surface area contributed by atoms with Gasteiger partial charge in [-0.15, -0.1) is 0 Å². The smallest absolute Gasteiger partial charge is 0.269 e. The van der Waals surface area contributed by atoms with Crippen molar-refractivity contribution in [3.05, 3.63) is 35.3 Å². The summed E-state index contributed by atoms with van der Waals surface area (Å²) in [6.07, 6.45) is 3.32. The molecular weight excluding hydrogens is 365 g/mol. The van der Waals surface area contributed by atoms with Crippen LogP contribution in [-0.2, 0) is 16.8 Å². The zero-order valence-corrected chi connectivity index (χ0v) is 16.9. The minimum absolute atomic E-state index is 0.310. The zero-order valence-electron chi connectivity index (χ0n) is 16.9. The summed E-state index contributed by atoms with van der Waals surface area (Å²) in [4.78, 5) is 5.02. The number of nitrogens with one attached hydrogen (secondary N) is 1. The van der Waals surface area contributed by atoms with Crippen LogP contribution < -0.4 is 0 Å². The Morgan fingerprint density at radius 3 is 2.68 bits per heavy atom. The van der Waals surface area contributed by atoms with Crippen molar-refractivity contribution in [2.24, 2.45) is 0 Å². The number of hydrogen-bond donors (Lipinski definition) is 1. The Bertz CT molecular complexity index is 878. The third kappa shape index (κ3) is 2.79. The fourth-order valence-electron chi connectivity index (χ4n) is 5.38. The Kier molecular flexibility index (Phi) is 4.78. The van der Waals surface area contributed by atoms with Gasteiger partial charge in [-0.05, 0) is 63.5 Å². The maximum atomic E-state index is 15.7. The summed E-state index contributed by atoms with van der Waals surface area (Å²) in [5.41, 5.74) is 0.269. The second-order valence-electron chi connectivity index (χ2n) is 8.67. The molecule has 2 aliphatic rings. The number of hydrogen-bond acceptors (Lipinski definition) is 2. The molecule has 0 radical (unpaired) electrons. The highest BCUT2D eigenvalue weighted by Crippen LogP contribution is 2.56. The van der Waals surface area contributed by atoms with Crippen LogP contribution in [0.5, 0.6) is 0 Å². The van der Waals surface area contributed by atoms with Gasteiger partial charge in [0.05, 0.1) is 17.8 Å². The first-order valence-corrected chi connectivity index (χ1v) is 10.2. The minimum atomic E-state index is -2.89. The van der Waals surface area contributed by atoms with Crippen molar-refractivity contribution >= 4 is 10.9 Å². The number of unbranched alkanes of at least 4 members (excludes halogenated alkanes) is 1. The molecule has 0 saturated heterocycles. The van der Waals surface area contributed by atoms with E-state index in [0.717, 1.165) is 35.0 Å². The predicted octanol–water partition coefficient (Wildman–Crippen LogP) is 5.38. The van der Waals surface area contributed by atoms with E-state index in [1.165, 1.54) is 12.1 Å². The van der Waals surface area contributed by atoms with Gasteiger partial charge in [-0.25, -0.2) is 13.2 Å². The fraction of sp³-hybridized carbons (Fsp3) is 0.636. The zero-order chi connectivity index (χ0) is 20.2. The molecule has 1 aliphatic heterocycles. The maximum Gasteiger partial charge on any atom is 0.269 e. The van der Waals surface area contributed by atoms with E-state index in [0.29, 0.717) is 32.3 Å². The lowest BCUT2D eigenvalue weighted by molar-refractivity contribution is -0.229. The number of nitrogens with zero attached hydrogens (tertiary/aromatic N) is 1. The topological polar surface area (TPSA) is 28.3 Å². The second-order valence-corrected chi connectivity index (χ2v) is 8.67. The van der Waals surface area contributed by atoms with E-state index < -0.39 is 17.1 Å². The molecule has 2 unspecified atom stereocenters. The molecule has 1 fully saturated rings. The predicted molar refractivity (Wildman–Crippen MR) is 104 cm³/mol. The number of alkyl halides is 2. The average Bonchev–Trinajstić information content (AvgIpc) is 3.00. The number of rotatable bonds is 4. The normalized spacial score (nSPS) is 29.5. The van der Waals surface area contributed by atoms with Crippen LogP contribution >= 0.6 is 0 Å². The van der Waals surface area contributed by atoms with Crippen LogP contribution in [0.4, 0.5) is 13.2 Å². The van der Waals surface area contributed by atoms with E-state index in [1.807, 2.05) is 6.92 Å². The van der Waals surface area contributed by atoms with Gasteiger partial charge in [0.2, 0.25) is 0 Å². The number of ether oxygens (including phenoxy) is 1. The Balaban J connectivity index is 1.77. The van der Waals surface area contributed by atoms with Crippen LogP contribution in [0.3, 0.4) is 0 Å². The Hall–Kier alpha value is -1.53. The third-order valence-electron chi connectivity index (χ3n) is 6.99. The van der Waals surface area contributed by atoms with Crippen molar-refractivity contribution in [1.29, 1.82) is 0 Å². The minimum Gasteiger partial charge on any atom is -0.368 e. The van der Waals surface area contributed by atoms with Crippen molar-refractivity contribution in [2.75, 3.05) is 20.7 Å². The number of H-pyrrole nitrogens is 1. The number of benzene rings is 1. The van der Waals surface area contributed by atoms with Gasteiger partial charge < -0.3 is 9.72 Å². The molecule has 1 aromatic carbocycles. The first-order chi connectivity index (χ1) is 13.2. The van der Waals surface area contributed by atoms with Gasteiger partial charge in [0.25, 0.3) is 5.92 Å². The van der Waals surface area contributed by atoms with Crippen molar-refractivity contribution < 1.29 is 17.9 Å². The second kappa shape index (κ2) is 6.77. The van der Waals surface area contributed by atoms with Crippen LogP contribution in [0.1, 0.15) is 56.7 Å². The summed E-state index contributed by atoms with van der Waals surface area (Å²) in [5, 5.41) is 0.788. The molecule has 0 bridgehead atoms. The first kappa shape index (κ1) is 19.8. The Labute approximate surface area is 164 Å². The fourth-order valence-corrected chi connectivity index (χ4v) is 5.38. The van der Waals surface area contributed by atoms with E-state index in [2.05, 4.69) is 4.98 Å². The van der Waals surface area contributed by atoms with E-state index in [-0.39, 0.29) is 12.2 Å². The van der Waals surface area contributed by atoms with Gasteiger partial charge in [-0.3, -0.25) is 4.90 Å². The van der Waals surface area contributed by atoms with Crippen LogP contribution in [0.15, 0.2) is 18.2 Å². The number of aromatic amines is 1. The lowest BCUT2D eigenvalue weighted by Gasteiger charge is -2.54. The molecule has 2 aromatic rings. The van der Waals surface area contributed by atoms with Gasteiger partial charge >= 0.3 is 0 Å². The highest BCUT2D eigenvalue weighted by molar-refractivity contribution is 5.85. The first-order valence-electron chi connectivity index (χ1n) is 10.2. The molecule has 2 atom stereocenters. The summed E-state index contributed by atoms with van der Waals surface area (Å²) in [5.74, 6) is -3.20. The molecule has 154 valence electrons. The lowest BCUT2D eigenvalue weighted by atomic mass is 9.66. The number of halogens is 3. The van der Waals surface area contributed by atoms with Gasteiger partial charge in [-0.1, -0.05) is 19.8 Å². The van der Waals surface area contributed by atoms with Crippen LogP contribution in [0.25, 0.3) is 10.9 Å². The summed E-state index contributed by atoms with van der Waals surface area (Å²) in [6.45, 7) is 2.42. The lowest BCUT2D eigenvalue weighted by Crippen LogP contribution is -2.64. The maximum absolute atomic E-state index is 15.7. The summed E-state index contributed by atoms with van der Waals surface area (Å²) in [7, 11) is 3.53. The molecule has 0 amide bonds. The van der Waals surface area contributed by atoms with Gasteiger partial charge in [0.15, 0.2) is 0 Å². The largest absolute Gasteiger partial charge is 0.368 e. The molecule has 1 N–H and O–H groups in total. The molecule has 28 heavy (non-hydrogen) atoms. The highest BCUT2D eigenvalue weighted by Gasteiger charge is 2.63. The average molecular weight is 394 g/mol. The Morgan fingerprint density at radius 2 is 2.00 bits per heavy atom. The van der Waals surface area contributed by atoms with Gasteiger partial charge in [-0.2, -0.15) is 0 Å². The molecule has 1 saturated carbocycles. The molecule has 1 aromatic heterocycles. The highest BCUT2D eigenvalue weighted by atomic mass is 19.3. The molecule has 1 spiro atoms. The number of fused-ring (bicyclic) bond motifs is 4. The molecular formula is C22H29F3N2O. The Morgan fingerprint density at radius 1 is 1.21 bits per heavy atom. The third-order valence-corrected chi connectivity index (χ3v) is 6.99. The van der Waals surface area contributed by atoms with Crippen molar-refractivity contribution in [3.8, 4) is 0 Å². The van der Waals surface area contributed by atoms with Crippen LogP contribution in [0.2, 0.25) is 0 Å². The molecule has 6 heteroatoms. The van der Waals surface area contributed by atoms with E-state index >= 15 is 8.78 Å². The summed E-state index contributed by atoms with van der Waals surface area (Å²) in [6, 6.07) is 4.58. The van der Waals surface area contributed by atoms with E-state index in [4.69, 9.17) is 4.74 Å². The standard InChI is InChI=1S/C22H29F3N2O/c1-4-5-9-21(27(2)3)11-10-20(14-22(21,24)25)19-16(8-12-28-20)17-13-15(23)6-7-18(17)26-19/h6-7,13,26H,4-5,8-12,14H2,1-3H3.